The van der Waals surface area contributed by atoms with Crippen molar-refractivity contribution in [2.45, 2.75) is 79.6 Å². The van der Waals surface area contributed by atoms with Gasteiger partial charge in [0.25, 0.3) is 0 Å². The molecule has 0 spiro atoms. The van der Waals surface area contributed by atoms with Crippen LogP contribution in [-0.2, 0) is 4.79 Å². The van der Waals surface area contributed by atoms with Gasteiger partial charge in [-0.1, -0.05) is 45.8 Å². The highest BCUT2D eigenvalue weighted by molar-refractivity contribution is 5.81. The lowest BCUT2D eigenvalue weighted by Gasteiger charge is -2.26. The first-order chi connectivity index (χ1) is 10.9. The van der Waals surface area contributed by atoms with Crippen molar-refractivity contribution in [2.75, 3.05) is 13.1 Å². The van der Waals surface area contributed by atoms with Gasteiger partial charge in [0.05, 0.1) is 0 Å². The Labute approximate surface area is 143 Å². The highest BCUT2D eigenvalue weighted by atomic mass is 16.2. The van der Waals surface area contributed by atoms with E-state index in [0.717, 1.165) is 44.7 Å². The SMILES string of the molecule is CCCCN(CC1CC1(C)C(C)C/C=C(/C)CC)C(=O)C1CC1. The predicted molar refractivity (Wildman–Crippen MR) is 98.3 cm³/mol. The Bertz CT molecular complexity index is 437. The monoisotopic (exact) mass is 319 g/mol. The first-order valence-electron chi connectivity index (χ1n) is 9.86. The molecular formula is C21H37NO. The molecule has 0 radical (unpaired) electrons. The molecule has 2 aliphatic carbocycles. The number of carbonyl (C=O) groups excluding carboxylic acids is 1. The van der Waals surface area contributed by atoms with Gasteiger partial charge < -0.3 is 4.90 Å². The molecule has 2 aliphatic rings. The van der Waals surface area contributed by atoms with Gasteiger partial charge in [0, 0.05) is 19.0 Å². The maximum Gasteiger partial charge on any atom is 0.225 e. The second-order valence-electron chi connectivity index (χ2n) is 8.36. The number of allylic oxidation sites excluding steroid dienone is 2. The van der Waals surface area contributed by atoms with Crippen LogP contribution in [0.2, 0.25) is 0 Å². The largest absolute Gasteiger partial charge is 0.342 e. The summed E-state index contributed by atoms with van der Waals surface area (Å²) >= 11 is 0. The average Bonchev–Trinajstić information content (AvgIpc) is 3.45. The van der Waals surface area contributed by atoms with E-state index in [2.05, 4.69) is 45.6 Å². The Hall–Kier alpha value is -0.790. The molecule has 0 aromatic carbocycles. The van der Waals surface area contributed by atoms with E-state index in [1.165, 1.54) is 24.8 Å². The molecule has 3 atom stereocenters. The highest BCUT2D eigenvalue weighted by Crippen LogP contribution is 2.58. The summed E-state index contributed by atoms with van der Waals surface area (Å²) in [6, 6.07) is 0. The first-order valence-corrected chi connectivity index (χ1v) is 9.86. The van der Waals surface area contributed by atoms with E-state index in [-0.39, 0.29) is 0 Å². The van der Waals surface area contributed by atoms with Gasteiger partial charge in [-0.3, -0.25) is 4.79 Å². The molecule has 0 N–H and O–H groups in total. The molecule has 2 saturated carbocycles. The number of hydrogen-bond acceptors (Lipinski definition) is 1. The van der Waals surface area contributed by atoms with Crippen LogP contribution < -0.4 is 0 Å². The van der Waals surface area contributed by atoms with E-state index >= 15 is 0 Å². The van der Waals surface area contributed by atoms with E-state index in [9.17, 15) is 4.79 Å². The van der Waals surface area contributed by atoms with Gasteiger partial charge in [0.15, 0.2) is 0 Å². The number of rotatable bonds is 10. The normalized spacial score (nSPS) is 28.6. The molecule has 0 aromatic rings. The molecule has 2 fully saturated rings. The van der Waals surface area contributed by atoms with Gasteiger partial charge in [-0.25, -0.2) is 0 Å². The number of hydrogen-bond donors (Lipinski definition) is 0. The Kier molecular flexibility index (Phi) is 6.33. The summed E-state index contributed by atoms with van der Waals surface area (Å²) in [5.41, 5.74) is 1.95. The fourth-order valence-corrected chi connectivity index (χ4v) is 3.64. The quantitative estimate of drug-likeness (QED) is 0.491. The molecule has 2 rings (SSSR count). The zero-order chi connectivity index (χ0) is 17.0. The zero-order valence-corrected chi connectivity index (χ0v) is 16.0. The lowest BCUT2D eigenvalue weighted by Crippen LogP contribution is -2.36. The van der Waals surface area contributed by atoms with Gasteiger partial charge >= 0.3 is 0 Å². The molecule has 3 unspecified atom stereocenters. The lowest BCUT2D eigenvalue weighted by molar-refractivity contribution is -0.133. The van der Waals surface area contributed by atoms with E-state index in [1.54, 1.807) is 0 Å². The summed E-state index contributed by atoms with van der Waals surface area (Å²) < 4.78 is 0. The van der Waals surface area contributed by atoms with Crippen molar-refractivity contribution in [3.05, 3.63) is 11.6 Å². The molecule has 0 heterocycles. The third kappa shape index (κ3) is 4.84. The molecule has 23 heavy (non-hydrogen) atoms. The van der Waals surface area contributed by atoms with Crippen molar-refractivity contribution in [3.63, 3.8) is 0 Å². The predicted octanol–water partition coefficient (Wildman–Crippen LogP) is 5.43. The Morgan fingerprint density at radius 2 is 2.04 bits per heavy atom. The lowest BCUT2D eigenvalue weighted by atomic mass is 9.86. The molecule has 2 heteroatoms. The fraction of sp³-hybridized carbons (Fsp3) is 0.857. The van der Waals surface area contributed by atoms with Gasteiger partial charge in [0.2, 0.25) is 5.91 Å². The number of amides is 1. The molecule has 0 saturated heterocycles. The van der Waals surface area contributed by atoms with Gasteiger partial charge in [-0.05, 0) is 62.7 Å². The third-order valence-electron chi connectivity index (χ3n) is 6.42. The van der Waals surface area contributed by atoms with Crippen LogP contribution in [0.5, 0.6) is 0 Å². The molecule has 2 nitrogen and oxygen atoms in total. The summed E-state index contributed by atoms with van der Waals surface area (Å²) in [7, 11) is 0. The highest BCUT2D eigenvalue weighted by Gasteiger charge is 2.53. The molecule has 0 aliphatic heterocycles. The molecular weight excluding hydrogens is 282 g/mol. The topological polar surface area (TPSA) is 20.3 Å². The van der Waals surface area contributed by atoms with Crippen molar-refractivity contribution in [1.29, 1.82) is 0 Å². The Balaban J connectivity index is 1.87. The standard InChI is InChI=1S/C21H37NO/c1-6-8-13-22(20(23)18-11-12-18)15-19-14-21(19,5)17(4)10-9-16(3)7-2/h9,17-19H,6-8,10-15H2,1-5H3/b16-9-. The van der Waals surface area contributed by atoms with Crippen molar-refractivity contribution < 1.29 is 4.79 Å². The third-order valence-corrected chi connectivity index (χ3v) is 6.42. The van der Waals surface area contributed by atoms with Crippen LogP contribution in [0.3, 0.4) is 0 Å². The summed E-state index contributed by atoms with van der Waals surface area (Å²) in [6.45, 7) is 13.5. The Morgan fingerprint density at radius 3 is 2.61 bits per heavy atom. The van der Waals surface area contributed by atoms with E-state index in [1.807, 2.05) is 0 Å². The minimum atomic E-state index is 0.365. The van der Waals surface area contributed by atoms with Crippen LogP contribution in [0.25, 0.3) is 0 Å². The van der Waals surface area contributed by atoms with Crippen LogP contribution in [0, 0.1) is 23.2 Å². The summed E-state index contributed by atoms with van der Waals surface area (Å²) in [6.07, 6.45) is 10.7. The van der Waals surface area contributed by atoms with E-state index in [0.29, 0.717) is 23.2 Å². The van der Waals surface area contributed by atoms with E-state index in [4.69, 9.17) is 0 Å². The maximum atomic E-state index is 12.5. The number of nitrogens with zero attached hydrogens (tertiary/aromatic N) is 1. The van der Waals surface area contributed by atoms with Crippen molar-refractivity contribution >= 4 is 5.91 Å². The van der Waals surface area contributed by atoms with Crippen LogP contribution in [0.4, 0.5) is 0 Å². The van der Waals surface area contributed by atoms with E-state index < -0.39 is 0 Å². The van der Waals surface area contributed by atoms with Crippen LogP contribution in [0.1, 0.15) is 79.6 Å². The molecule has 0 aromatic heterocycles. The van der Waals surface area contributed by atoms with Gasteiger partial charge in [0.1, 0.15) is 0 Å². The minimum Gasteiger partial charge on any atom is -0.342 e. The summed E-state index contributed by atoms with van der Waals surface area (Å²) in [5.74, 6) is 2.25. The molecule has 1 amide bonds. The second-order valence-corrected chi connectivity index (χ2v) is 8.36. The molecule has 0 bridgehead atoms. The smallest absolute Gasteiger partial charge is 0.225 e. The van der Waals surface area contributed by atoms with Crippen LogP contribution >= 0.6 is 0 Å². The van der Waals surface area contributed by atoms with Crippen molar-refractivity contribution in [3.8, 4) is 0 Å². The number of unbranched alkanes of at least 4 members (excludes halogenated alkanes) is 1. The summed E-state index contributed by atoms with van der Waals surface area (Å²) in [5, 5.41) is 0. The average molecular weight is 320 g/mol. The van der Waals surface area contributed by atoms with Crippen LogP contribution in [-0.4, -0.2) is 23.9 Å². The van der Waals surface area contributed by atoms with Crippen molar-refractivity contribution in [1.82, 2.24) is 4.90 Å². The summed E-state index contributed by atoms with van der Waals surface area (Å²) in [4.78, 5) is 14.7. The van der Waals surface area contributed by atoms with Gasteiger partial charge in [-0.2, -0.15) is 0 Å². The molecule has 132 valence electrons. The van der Waals surface area contributed by atoms with Crippen molar-refractivity contribution in [2.24, 2.45) is 23.2 Å². The zero-order valence-electron chi connectivity index (χ0n) is 16.0. The first kappa shape index (κ1) is 18.5. The second kappa shape index (κ2) is 7.85. The minimum absolute atomic E-state index is 0.365. The maximum absolute atomic E-state index is 12.5. The van der Waals surface area contributed by atoms with Crippen LogP contribution in [0.15, 0.2) is 11.6 Å². The Morgan fingerprint density at radius 1 is 1.35 bits per heavy atom. The fourth-order valence-electron chi connectivity index (χ4n) is 3.64. The number of carbonyl (C=O) groups is 1. The van der Waals surface area contributed by atoms with Gasteiger partial charge in [-0.15, -0.1) is 0 Å².